The number of hydrogen-bond acceptors (Lipinski definition) is 7. The van der Waals surface area contributed by atoms with Crippen LogP contribution in [-0.2, 0) is 9.59 Å². The highest BCUT2D eigenvalue weighted by Crippen LogP contribution is 2.29. The molecule has 0 unspecified atom stereocenters. The van der Waals surface area contributed by atoms with Gasteiger partial charge in [-0.15, -0.1) is 10.2 Å². The molecule has 2 rings (SSSR count). The fourth-order valence-corrected chi connectivity index (χ4v) is 2.56. The zero-order chi connectivity index (χ0) is 18.9. The van der Waals surface area contributed by atoms with Crippen molar-refractivity contribution in [1.82, 2.24) is 10.2 Å². The van der Waals surface area contributed by atoms with E-state index in [1.807, 2.05) is 0 Å². The Hall–Kier alpha value is -2.81. The number of carbonyl (C=O) groups is 2. The van der Waals surface area contributed by atoms with Crippen LogP contribution in [0.1, 0.15) is 13.3 Å². The van der Waals surface area contributed by atoms with Crippen LogP contribution in [-0.4, -0.2) is 42.0 Å². The topological polar surface area (TPSA) is 102 Å². The minimum atomic E-state index is -0.188. The SMILES string of the molecule is CCC(=O)Nc1ccc(SCC(=O)Nc2ccc(OC)c(OC)c2)nn1. The molecular weight excluding hydrogens is 356 g/mol. The van der Waals surface area contributed by atoms with E-state index in [0.717, 1.165) is 0 Å². The number of thioether (sulfide) groups is 1. The van der Waals surface area contributed by atoms with E-state index in [4.69, 9.17) is 9.47 Å². The average molecular weight is 376 g/mol. The molecule has 1 aromatic heterocycles. The molecule has 0 saturated carbocycles. The highest BCUT2D eigenvalue weighted by atomic mass is 32.2. The van der Waals surface area contributed by atoms with Crippen LogP contribution in [0.3, 0.4) is 0 Å². The number of rotatable bonds is 8. The van der Waals surface area contributed by atoms with Crippen LogP contribution >= 0.6 is 11.8 Å². The molecule has 2 N–H and O–H groups in total. The van der Waals surface area contributed by atoms with Crippen LogP contribution < -0.4 is 20.1 Å². The average Bonchev–Trinajstić information content (AvgIpc) is 2.67. The number of nitrogens with zero attached hydrogens (tertiary/aromatic N) is 2. The van der Waals surface area contributed by atoms with E-state index >= 15 is 0 Å². The molecule has 0 radical (unpaired) electrons. The molecule has 2 aromatic rings. The Morgan fingerprint density at radius 3 is 2.38 bits per heavy atom. The van der Waals surface area contributed by atoms with Gasteiger partial charge in [0.2, 0.25) is 11.8 Å². The Balaban J connectivity index is 1.87. The van der Waals surface area contributed by atoms with Crippen molar-refractivity contribution in [3.8, 4) is 11.5 Å². The van der Waals surface area contributed by atoms with Gasteiger partial charge in [-0.3, -0.25) is 9.59 Å². The first-order chi connectivity index (χ1) is 12.5. The lowest BCUT2D eigenvalue weighted by Crippen LogP contribution is -2.14. The van der Waals surface area contributed by atoms with Crippen molar-refractivity contribution in [1.29, 1.82) is 0 Å². The van der Waals surface area contributed by atoms with Crippen LogP contribution in [0.4, 0.5) is 11.5 Å². The predicted molar refractivity (Wildman–Crippen MR) is 99.9 cm³/mol. The molecule has 138 valence electrons. The summed E-state index contributed by atoms with van der Waals surface area (Å²) in [4.78, 5) is 23.4. The number of carbonyl (C=O) groups excluding carboxylic acids is 2. The molecule has 26 heavy (non-hydrogen) atoms. The third-order valence-electron chi connectivity index (χ3n) is 3.25. The number of nitrogens with one attached hydrogen (secondary N) is 2. The molecule has 0 fully saturated rings. The summed E-state index contributed by atoms with van der Waals surface area (Å²) in [7, 11) is 3.08. The number of methoxy groups -OCH3 is 2. The summed E-state index contributed by atoms with van der Waals surface area (Å²) in [6.45, 7) is 1.75. The van der Waals surface area contributed by atoms with Crippen LogP contribution in [0, 0.1) is 0 Å². The standard InChI is InChI=1S/C17H20N4O4S/c1-4-15(22)19-14-7-8-17(21-20-14)26-10-16(23)18-11-5-6-12(24-2)13(9-11)25-3/h5-9H,4,10H2,1-3H3,(H,18,23)(H,19,20,22). The van der Waals surface area contributed by atoms with Crippen LogP contribution in [0.15, 0.2) is 35.4 Å². The van der Waals surface area contributed by atoms with Crippen LogP contribution in [0.5, 0.6) is 11.5 Å². The van der Waals surface area contributed by atoms with Gasteiger partial charge in [0.05, 0.1) is 20.0 Å². The molecule has 0 aliphatic carbocycles. The highest BCUT2D eigenvalue weighted by Gasteiger charge is 2.09. The first-order valence-electron chi connectivity index (χ1n) is 7.84. The van der Waals surface area contributed by atoms with Crippen molar-refractivity contribution in [3.63, 3.8) is 0 Å². The molecule has 1 aromatic carbocycles. The van der Waals surface area contributed by atoms with E-state index in [2.05, 4.69) is 20.8 Å². The second-order valence-corrected chi connectivity index (χ2v) is 6.06. The van der Waals surface area contributed by atoms with E-state index in [1.165, 1.54) is 18.9 Å². The number of aromatic nitrogens is 2. The molecule has 0 saturated heterocycles. The lowest BCUT2D eigenvalue weighted by molar-refractivity contribution is -0.116. The third-order valence-corrected chi connectivity index (χ3v) is 4.17. The lowest BCUT2D eigenvalue weighted by atomic mass is 10.2. The maximum Gasteiger partial charge on any atom is 0.234 e. The summed E-state index contributed by atoms with van der Waals surface area (Å²) in [6.07, 6.45) is 0.370. The van der Waals surface area contributed by atoms with E-state index in [-0.39, 0.29) is 17.6 Å². The van der Waals surface area contributed by atoms with E-state index in [1.54, 1.807) is 44.4 Å². The van der Waals surface area contributed by atoms with Gasteiger partial charge in [-0.2, -0.15) is 0 Å². The number of amides is 2. The second-order valence-electron chi connectivity index (χ2n) is 5.07. The minimum Gasteiger partial charge on any atom is -0.493 e. The van der Waals surface area contributed by atoms with Gasteiger partial charge in [-0.05, 0) is 24.3 Å². The molecule has 0 aliphatic rings. The van der Waals surface area contributed by atoms with Gasteiger partial charge in [0, 0.05) is 18.2 Å². The van der Waals surface area contributed by atoms with Crippen LogP contribution in [0.2, 0.25) is 0 Å². The molecule has 2 amide bonds. The fourth-order valence-electron chi connectivity index (χ4n) is 1.95. The number of benzene rings is 1. The van der Waals surface area contributed by atoms with E-state index in [0.29, 0.717) is 34.5 Å². The number of anilines is 2. The molecule has 0 aliphatic heterocycles. The zero-order valence-electron chi connectivity index (χ0n) is 14.7. The minimum absolute atomic E-state index is 0.131. The maximum atomic E-state index is 12.1. The van der Waals surface area contributed by atoms with Gasteiger partial charge in [0.15, 0.2) is 17.3 Å². The zero-order valence-corrected chi connectivity index (χ0v) is 15.6. The molecular formula is C17H20N4O4S. The van der Waals surface area contributed by atoms with Gasteiger partial charge in [-0.25, -0.2) is 0 Å². The maximum absolute atomic E-state index is 12.1. The Morgan fingerprint density at radius 1 is 1.00 bits per heavy atom. The lowest BCUT2D eigenvalue weighted by Gasteiger charge is -2.10. The predicted octanol–water partition coefficient (Wildman–Crippen LogP) is 2.57. The van der Waals surface area contributed by atoms with Crippen molar-refractivity contribution in [2.24, 2.45) is 0 Å². The van der Waals surface area contributed by atoms with Crippen molar-refractivity contribution < 1.29 is 19.1 Å². The summed E-state index contributed by atoms with van der Waals surface area (Å²) < 4.78 is 10.4. The summed E-state index contributed by atoms with van der Waals surface area (Å²) in [6, 6.07) is 8.49. The highest BCUT2D eigenvalue weighted by molar-refractivity contribution is 7.99. The summed E-state index contributed by atoms with van der Waals surface area (Å²) in [5.41, 5.74) is 0.608. The van der Waals surface area contributed by atoms with Gasteiger partial charge in [0.25, 0.3) is 0 Å². The number of ether oxygens (including phenoxy) is 2. The molecule has 0 atom stereocenters. The first-order valence-corrected chi connectivity index (χ1v) is 8.82. The smallest absolute Gasteiger partial charge is 0.234 e. The van der Waals surface area contributed by atoms with Crippen molar-refractivity contribution in [2.75, 3.05) is 30.6 Å². The van der Waals surface area contributed by atoms with Crippen molar-refractivity contribution in [2.45, 2.75) is 18.4 Å². The van der Waals surface area contributed by atoms with Crippen molar-refractivity contribution >= 4 is 35.1 Å². The Labute approximate surface area is 155 Å². The van der Waals surface area contributed by atoms with E-state index < -0.39 is 0 Å². The third kappa shape index (κ3) is 5.62. The van der Waals surface area contributed by atoms with Gasteiger partial charge in [0.1, 0.15) is 5.03 Å². The Bertz CT molecular complexity index is 768. The second kappa shape index (κ2) is 9.62. The quantitative estimate of drug-likeness (QED) is 0.683. The summed E-state index contributed by atoms with van der Waals surface area (Å²) in [5.74, 6) is 1.36. The van der Waals surface area contributed by atoms with Gasteiger partial charge < -0.3 is 20.1 Å². The normalized spacial score (nSPS) is 10.1. The Morgan fingerprint density at radius 2 is 1.77 bits per heavy atom. The van der Waals surface area contributed by atoms with Crippen molar-refractivity contribution in [3.05, 3.63) is 30.3 Å². The van der Waals surface area contributed by atoms with Crippen LogP contribution in [0.25, 0.3) is 0 Å². The number of hydrogen-bond donors (Lipinski definition) is 2. The van der Waals surface area contributed by atoms with Gasteiger partial charge in [-0.1, -0.05) is 18.7 Å². The van der Waals surface area contributed by atoms with Gasteiger partial charge >= 0.3 is 0 Å². The fraction of sp³-hybridized carbons (Fsp3) is 0.294. The molecule has 1 heterocycles. The summed E-state index contributed by atoms with van der Waals surface area (Å²) in [5, 5.41) is 13.9. The Kier molecular flexibility index (Phi) is 7.22. The van der Waals surface area contributed by atoms with E-state index in [9.17, 15) is 9.59 Å². The molecule has 8 nitrogen and oxygen atoms in total. The molecule has 0 spiro atoms. The monoisotopic (exact) mass is 376 g/mol. The molecule has 9 heteroatoms. The summed E-state index contributed by atoms with van der Waals surface area (Å²) >= 11 is 1.24. The first kappa shape index (κ1) is 19.5. The largest absolute Gasteiger partial charge is 0.493 e. The molecule has 0 bridgehead atoms.